The van der Waals surface area contributed by atoms with E-state index in [9.17, 15) is 22.8 Å². The van der Waals surface area contributed by atoms with Crippen LogP contribution in [0.2, 0.25) is 0 Å². The van der Waals surface area contributed by atoms with Crippen LogP contribution in [-0.4, -0.2) is 45.7 Å². The van der Waals surface area contributed by atoms with Gasteiger partial charge < -0.3 is 19.3 Å². The van der Waals surface area contributed by atoms with E-state index in [1.54, 1.807) is 24.3 Å². The molecule has 0 radical (unpaired) electrons. The van der Waals surface area contributed by atoms with Crippen molar-refractivity contribution >= 4 is 46.3 Å². The molecule has 0 unspecified atom stereocenters. The predicted molar refractivity (Wildman–Crippen MR) is 147 cm³/mol. The lowest BCUT2D eigenvalue weighted by Gasteiger charge is -2.14. The van der Waals surface area contributed by atoms with Crippen molar-refractivity contribution in [1.82, 2.24) is 4.90 Å². The van der Waals surface area contributed by atoms with Gasteiger partial charge in [0.25, 0.3) is 5.91 Å². The molecule has 1 fully saturated rings. The third kappa shape index (κ3) is 8.23. The van der Waals surface area contributed by atoms with Crippen LogP contribution in [0.4, 0.5) is 13.2 Å². The van der Waals surface area contributed by atoms with Gasteiger partial charge in [0.1, 0.15) is 23.2 Å². The number of alkyl halides is 3. The van der Waals surface area contributed by atoms with Crippen molar-refractivity contribution in [1.29, 1.82) is 0 Å². The molecule has 40 heavy (non-hydrogen) atoms. The fraction of sp³-hybridized carbons (Fsp3) is 0.179. The summed E-state index contributed by atoms with van der Waals surface area (Å²) < 4.78 is 53.2. The third-order valence-corrected chi connectivity index (χ3v) is 6.85. The summed E-state index contributed by atoms with van der Waals surface area (Å²) >= 11 is 6.17. The number of nitrogens with zero attached hydrogens (tertiary/aromatic N) is 1. The number of ether oxygens (including phenoxy) is 3. The maximum Gasteiger partial charge on any atom is 0.573 e. The van der Waals surface area contributed by atoms with Crippen LogP contribution in [-0.2, 0) is 22.6 Å². The molecule has 7 nitrogen and oxygen atoms in total. The number of hydrogen-bond acceptors (Lipinski definition) is 7. The summed E-state index contributed by atoms with van der Waals surface area (Å²) in [6.45, 7) is -0.0469. The number of thiocarbonyl (C=S) groups is 1. The second-order valence-electron chi connectivity index (χ2n) is 8.43. The van der Waals surface area contributed by atoms with Gasteiger partial charge in [-0.1, -0.05) is 72.5 Å². The predicted octanol–water partition coefficient (Wildman–Crippen LogP) is 6.07. The molecule has 4 rings (SSSR count). The fourth-order valence-corrected chi connectivity index (χ4v) is 4.90. The molecule has 3 aromatic carbocycles. The topological polar surface area (TPSA) is 85.3 Å². The van der Waals surface area contributed by atoms with Crippen LogP contribution in [0.3, 0.4) is 0 Å². The average molecular weight is 590 g/mol. The van der Waals surface area contributed by atoms with Gasteiger partial charge in [-0.05, 0) is 47.0 Å². The molecule has 1 saturated heterocycles. The van der Waals surface area contributed by atoms with Crippen molar-refractivity contribution in [3.63, 3.8) is 0 Å². The lowest BCUT2D eigenvalue weighted by atomic mass is 10.1. The molecule has 0 atom stereocenters. The van der Waals surface area contributed by atoms with Crippen LogP contribution in [0.25, 0.3) is 6.08 Å². The Kier molecular flexibility index (Phi) is 9.33. The summed E-state index contributed by atoms with van der Waals surface area (Å²) in [6.07, 6.45) is -2.74. The van der Waals surface area contributed by atoms with E-state index in [4.69, 9.17) is 26.8 Å². The fourth-order valence-electron chi connectivity index (χ4n) is 3.64. The van der Waals surface area contributed by atoms with Crippen LogP contribution >= 0.6 is 24.0 Å². The molecule has 3 aromatic rings. The molecule has 12 heteroatoms. The molecule has 1 amide bonds. The van der Waals surface area contributed by atoms with Crippen LogP contribution in [0.1, 0.15) is 16.7 Å². The molecule has 1 aliphatic rings. The quantitative estimate of drug-likeness (QED) is 0.213. The molecular formula is C28H22F3NO6S2. The number of amides is 1. The van der Waals surface area contributed by atoms with E-state index in [0.29, 0.717) is 23.5 Å². The Morgan fingerprint density at radius 1 is 0.975 bits per heavy atom. The van der Waals surface area contributed by atoms with E-state index < -0.39 is 24.8 Å². The Hall–Kier alpha value is -4.03. The average Bonchev–Trinajstić information content (AvgIpc) is 3.16. The number of carboxylic acids is 1. The summed E-state index contributed by atoms with van der Waals surface area (Å²) in [5, 5.41) is 9.04. The van der Waals surface area contributed by atoms with Gasteiger partial charge in [-0.25, -0.2) is 0 Å². The SMILES string of the molecule is O=C(O)CN1C(=O)/C(=C/c2ccc(OCCc3ccc(OC(F)(F)F)cc3)c(OCc3ccccc3)c2)SC1=S. The Balaban J connectivity index is 1.48. The van der Waals surface area contributed by atoms with E-state index in [-0.39, 0.29) is 28.2 Å². The first-order valence-corrected chi connectivity index (χ1v) is 13.1. The lowest BCUT2D eigenvalue weighted by molar-refractivity contribution is -0.274. The number of hydrogen-bond donors (Lipinski definition) is 1. The number of halogens is 3. The van der Waals surface area contributed by atoms with Crippen LogP contribution in [0.15, 0.2) is 77.7 Å². The van der Waals surface area contributed by atoms with E-state index in [0.717, 1.165) is 27.8 Å². The minimum Gasteiger partial charge on any atom is -0.489 e. The zero-order chi connectivity index (χ0) is 28.7. The Labute approximate surface area is 237 Å². The van der Waals surface area contributed by atoms with Crippen molar-refractivity contribution < 1.29 is 42.1 Å². The summed E-state index contributed by atoms with van der Waals surface area (Å²) in [5.74, 6) is -1.11. The van der Waals surface area contributed by atoms with E-state index >= 15 is 0 Å². The van der Waals surface area contributed by atoms with Crippen LogP contribution in [0, 0.1) is 0 Å². The van der Waals surface area contributed by atoms with E-state index in [2.05, 4.69) is 4.74 Å². The normalized spacial score (nSPS) is 14.5. The van der Waals surface area contributed by atoms with Gasteiger partial charge >= 0.3 is 12.3 Å². The molecule has 1 N–H and O–H groups in total. The molecule has 1 heterocycles. The Bertz CT molecular complexity index is 1410. The highest BCUT2D eigenvalue weighted by atomic mass is 32.2. The van der Waals surface area contributed by atoms with Gasteiger partial charge in [0.05, 0.1) is 11.5 Å². The van der Waals surface area contributed by atoms with Gasteiger partial charge in [0, 0.05) is 6.42 Å². The Morgan fingerprint density at radius 3 is 2.38 bits per heavy atom. The van der Waals surface area contributed by atoms with Crippen molar-refractivity contribution in [2.45, 2.75) is 19.4 Å². The lowest BCUT2D eigenvalue weighted by Crippen LogP contribution is -2.33. The second kappa shape index (κ2) is 12.9. The smallest absolute Gasteiger partial charge is 0.489 e. The first kappa shape index (κ1) is 29.0. The number of carbonyl (C=O) groups is 2. The molecule has 0 aliphatic carbocycles. The number of carbonyl (C=O) groups excluding carboxylic acids is 1. The summed E-state index contributed by atoms with van der Waals surface area (Å²) in [5.41, 5.74) is 2.29. The Morgan fingerprint density at radius 2 is 1.70 bits per heavy atom. The summed E-state index contributed by atoms with van der Waals surface area (Å²) in [7, 11) is 0. The molecular weight excluding hydrogens is 567 g/mol. The zero-order valence-corrected chi connectivity index (χ0v) is 22.4. The van der Waals surface area contributed by atoms with Gasteiger partial charge in [-0.2, -0.15) is 0 Å². The third-order valence-electron chi connectivity index (χ3n) is 5.47. The largest absolute Gasteiger partial charge is 0.573 e. The molecule has 0 aromatic heterocycles. The van der Waals surface area contributed by atoms with Gasteiger partial charge in [0.15, 0.2) is 11.5 Å². The molecule has 1 aliphatic heterocycles. The molecule has 0 saturated carbocycles. The monoisotopic (exact) mass is 589 g/mol. The van der Waals surface area contributed by atoms with Crippen molar-refractivity contribution in [2.75, 3.05) is 13.2 Å². The highest BCUT2D eigenvalue weighted by Crippen LogP contribution is 2.35. The van der Waals surface area contributed by atoms with Crippen LogP contribution < -0.4 is 14.2 Å². The number of benzene rings is 3. The molecule has 0 bridgehead atoms. The van der Waals surface area contributed by atoms with Crippen molar-refractivity contribution in [3.05, 3.63) is 94.4 Å². The maximum absolute atomic E-state index is 12.7. The standard InChI is InChI=1S/C28H22F3NO6S2/c29-28(30,31)38-21-9-6-18(7-10-21)12-13-36-22-11-8-20(14-23(22)37-17-19-4-2-1-3-5-19)15-24-26(35)32(16-25(33)34)27(39)40-24/h1-11,14-15H,12-13,16-17H2,(H,33,34)/b24-15-. The van der Waals surface area contributed by atoms with Gasteiger partial charge in [-0.3, -0.25) is 14.5 Å². The minimum absolute atomic E-state index is 0.164. The second-order valence-corrected chi connectivity index (χ2v) is 10.1. The zero-order valence-electron chi connectivity index (χ0n) is 20.7. The van der Waals surface area contributed by atoms with E-state index in [1.165, 1.54) is 24.3 Å². The first-order valence-electron chi connectivity index (χ1n) is 11.8. The molecule has 0 spiro atoms. The first-order chi connectivity index (χ1) is 19.1. The summed E-state index contributed by atoms with van der Waals surface area (Å²) in [4.78, 5) is 25.0. The molecule has 208 valence electrons. The summed E-state index contributed by atoms with van der Waals surface area (Å²) in [6, 6.07) is 20.1. The number of aliphatic carboxylic acids is 1. The van der Waals surface area contributed by atoms with Crippen LogP contribution in [0.5, 0.6) is 17.2 Å². The number of rotatable bonds is 11. The number of carboxylic acid groups (broad SMARTS) is 1. The minimum atomic E-state index is -4.75. The van der Waals surface area contributed by atoms with Crippen molar-refractivity contribution in [3.8, 4) is 17.2 Å². The highest BCUT2D eigenvalue weighted by molar-refractivity contribution is 8.26. The van der Waals surface area contributed by atoms with Crippen molar-refractivity contribution in [2.24, 2.45) is 0 Å². The highest BCUT2D eigenvalue weighted by Gasteiger charge is 2.33. The van der Waals surface area contributed by atoms with Gasteiger partial charge in [0.2, 0.25) is 0 Å². The number of thioether (sulfide) groups is 1. The maximum atomic E-state index is 12.7. The van der Waals surface area contributed by atoms with Gasteiger partial charge in [-0.15, -0.1) is 13.2 Å². The van der Waals surface area contributed by atoms with E-state index in [1.807, 2.05) is 30.3 Å².